The van der Waals surface area contributed by atoms with E-state index in [9.17, 15) is 8.42 Å². The van der Waals surface area contributed by atoms with Crippen molar-refractivity contribution >= 4 is 10.0 Å². The largest absolute Gasteiger partial charge is 0.379 e. The zero-order valence-electron chi connectivity index (χ0n) is 14.9. The van der Waals surface area contributed by atoms with Crippen molar-refractivity contribution in [3.05, 3.63) is 0 Å². The maximum Gasteiger partial charge on any atom is 0.214 e. The molecule has 2 saturated heterocycles. The fourth-order valence-corrected chi connectivity index (χ4v) is 6.07. The Morgan fingerprint density at radius 2 is 2.00 bits per heavy atom. The first-order valence-corrected chi connectivity index (χ1v) is 11.3. The molecule has 24 heavy (non-hydrogen) atoms. The quantitative estimate of drug-likeness (QED) is 0.738. The Bertz CT molecular complexity index is 485. The molecule has 2 N–H and O–H groups in total. The van der Waals surface area contributed by atoms with Crippen LogP contribution in [0.2, 0.25) is 0 Å². The molecule has 0 bridgehead atoms. The minimum absolute atomic E-state index is 0.281. The van der Waals surface area contributed by atoms with E-state index in [2.05, 4.69) is 10.6 Å². The third-order valence-corrected chi connectivity index (χ3v) is 7.87. The van der Waals surface area contributed by atoms with E-state index in [1.807, 2.05) is 6.92 Å². The van der Waals surface area contributed by atoms with Gasteiger partial charge in [-0.15, -0.1) is 0 Å². The molecule has 1 saturated carbocycles. The minimum atomic E-state index is -3.03. The van der Waals surface area contributed by atoms with E-state index >= 15 is 0 Å². The number of nitrogens with zero attached hydrogens (tertiary/aromatic N) is 1. The van der Waals surface area contributed by atoms with Crippen LogP contribution in [0.4, 0.5) is 0 Å². The summed E-state index contributed by atoms with van der Waals surface area (Å²) in [6.45, 7) is 5.88. The molecule has 3 aliphatic rings. The van der Waals surface area contributed by atoms with E-state index < -0.39 is 10.0 Å². The first-order chi connectivity index (χ1) is 11.6. The van der Waals surface area contributed by atoms with Crippen LogP contribution >= 0.6 is 0 Å². The number of hydrogen-bond acceptors (Lipinski definition) is 5. The summed E-state index contributed by atoms with van der Waals surface area (Å²) in [5, 5.41) is 7.47. The van der Waals surface area contributed by atoms with Crippen LogP contribution in [-0.4, -0.2) is 69.4 Å². The van der Waals surface area contributed by atoms with Crippen molar-refractivity contribution in [2.45, 2.75) is 63.6 Å². The fraction of sp³-hybridized carbons (Fsp3) is 1.00. The first-order valence-electron chi connectivity index (χ1n) is 9.65. The van der Waals surface area contributed by atoms with Gasteiger partial charge in [0, 0.05) is 37.8 Å². The van der Waals surface area contributed by atoms with Gasteiger partial charge in [-0.1, -0.05) is 13.3 Å². The molecule has 0 radical (unpaired) electrons. The number of sulfonamides is 1. The Balaban J connectivity index is 1.48. The lowest BCUT2D eigenvalue weighted by Crippen LogP contribution is -2.54. The van der Waals surface area contributed by atoms with E-state index in [0.29, 0.717) is 43.6 Å². The summed E-state index contributed by atoms with van der Waals surface area (Å²) >= 11 is 0. The molecule has 2 aliphatic heterocycles. The number of nitrogens with one attached hydrogen (secondary N) is 2. The maximum atomic E-state index is 12.2. The molecule has 0 aromatic heterocycles. The molecule has 3 atom stereocenters. The van der Waals surface area contributed by atoms with Gasteiger partial charge in [0.15, 0.2) is 0 Å². The molecule has 3 unspecified atom stereocenters. The first kappa shape index (κ1) is 18.6. The minimum Gasteiger partial charge on any atom is -0.379 e. The molecule has 140 valence electrons. The van der Waals surface area contributed by atoms with Crippen LogP contribution in [0.15, 0.2) is 0 Å². The number of piperidine rings is 1. The van der Waals surface area contributed by atoms with Gasteiger partial charge in [-0.05, 0) is 38.0 Å². The third-order valence-electron chi connectivity index (χ3n) is 5.80. The molecule has 6 nitrogen and oxygen atoms in total. The van der Waals surface area contributed by atoms with Gasteiger partial charge in [0.1, 0.15) is 0 Å². The van der Waals surface area contributed by atoms with Crippen LogP contribution in [0.1, 0.15) is 45.4 Å². The van der Waals surface area contributed by atoms with Crippen LogP contribution in [0.25, 0.3) is 0 Å². The lowest BCUT2D eigenvalue weighted by Gasteiger charge is -2.37. The van der Waals surface area contributed by atoms with Gasteiger partial charge < -0.3 is 15.4 Å². The number of rotatable bonds is 6. The van der Waals surface area contributed by atoms with E-state index in [0.717, 1.165) is 32.6 Å². The van der Waals surface area contributed by atoms with Gasteiger partial charge >= 0.3 is 0 Å². The van der Waals surface area contributed by atoms with Gasteiger partial charge in [0.25, 0.3) is 0 Å². The van der Waals surface area contributed by atoms with Crippen LogP contribution < -0.4 is 10.6 Å². The topological polar surface area (TPSA) is 70.7 Å². The van der Waals surface area contributed by atoms with Crippen molar-refractivity contribution < 1.29 is 13.2 Å². The summed E-state index contributed by atoms with van der Waals surface area (Å²) in [7, 11) is -3.03. The average molecular weight is 360 g/mol. The second-order valence-corrected chi connectivity index (χ2v) is 9.58. The molecule has 0 amide bonds. The zero-order valence-corrected chi connectivity index (χ0v) is 15.7. The number of ether oxygens (including phenoxy) is 1. The predicted octanol–water partition coefficient (Wildman–Crippen LogP) is 0.937. The van der Waals surface area contributed by atoms with Gasteiger partial charge in [-0.2, -0.15) is 0 Å². The monoisotopic (exact) mass is 359 g/mol. The highest BCUT2D eigenvalue weighted by Crippen LogP contribution is 2.30. The van der Waals surface area contributed by atoms with Gasteiger partial charge in [-0.3, -0.25) is 0 Å². The molecule has 1 aliphatic carbocycles. The number of hydrogen-bond donors (Lipinski definition) is 2. The fourth-order valence-electron chi connectivity index (χ4n) is 4.53. The zero-order chi connectivity index (χ0) is 17.0. The SMILES string of the molecule is CCCS(=O)(=O)N1CCC(NC2CCCC2C2COCCN2)CC1. The predicted molar refractivity (Wildman–Crippen MR) is 95.5 cm³/mol. The highest BCUT2D eigenvalue weighted by molar-refractivity contribution is 7.89. The standard InChI is InChI=1S/C17H33N3O3S/c1-2-12-24(21,22)20-9-6-14(7-10-20)19-16-5-3-4-15(16)17-13-23-11-8-18-17/h14-19H,2-13H2,1H3. The lowest BCUT2D eigenvalue weighted by molar-refractivity contribution is 0.0510. The van der Waals surface area contributed by atoms with Crippen LogP contribution in [0.3, 0.4) is 0 Å². The van der Waals surface area contributed by atoms with Gasteiger partial charge in [0.05, 0.1) is 19.0 Å². The van der Waals surface area contributed by atoms with E-state index in [-0.39, 0.29) is 5.75 Å². The normalized spacial score (nSPS) is 33.8. The van der Waals surface area contributed by atoms with Crippen molar-refractivity contribution in [3.63, 3.8) is 0 Å². The second kappa shape index (κ2) is 8.45. The third kappa shape index (κ3) is 4.49. The smallest absolute Gasteiger partial charge is 0.214 e. The summed E-state index contributed by atoms with van der Waals surface area (Å²) in [5.74, 6) is 0.926. The summed E-state index contributed by atoms with van der Waals surface area (Å²) < 4.78 is 31.7. The van der Waals surface area contributed by atoms with E-state index in [4.69, 9.17) is 4.74 Å². The summed E-state index contributed by atoms with van der Waals surface area (Å²) in [6.07, 6.45) is 6.34. The second-order valence-electron chi connectivity index (χ2n) is 7.49. The summed E-state index contributed by atoms with van der Waals surface area (Å²) in [6, 6.07) is 1.48. The van der Waals surface area contributed by atoms with Crippen molar-refractivity contribution in [1.82, 2.24) is 14.9 Å². The van der Waals surface area contributed by atoms with E-state index in [1.54, 1.807) is 4.31 Å². The van der Waals surface area contributed by atoms with Crippen LogP contribution in [0.5, 0.6) is 0 Å². The molecule has 0 spiro atoms. The summed E-state index contributed by atoms with van der Waals surface area (Å²) in [5.41, 5.74) is 0. The highest BCUT2D eigenvalue weighted by Gasteiger charge is 2.36. The Hall–Kier alpha value is -0.210. The molecule has 0 aromatic carbocycles. The Morgan fingerprint density at radius 1 is 1.21 bits per heavy atom. The molecule has 2 heterocycles. The van der Waals surface area contributed by atoms with E-state index in [1.165, 1.54) is 19.3 Å². The highest BCUT2D eigenvalue weighted by atomic mass is 32.2. The molecule has 0 aromatic rings. The Morgan fingerprint density at radius 3 is 2.67 bits per heavy atom. The molecule has 3 rings (SSSR count). The molecular weight excluding hydrogens is 326 g/mol. The lowest BCUT2D eigenvalue weighted by atomic mass is 9.92. The van der Waals surface area contributed by atoms with Gasteiger partial charge in [-0.25, -0.2) is 12.7 Å². The molecule has 7 heteroatoms. The molecule has 3 fully saturated rings. The maximum absolute atomic E-state index is 12.2. The number of morpholine rings is 1. The summed E-state index contributed by atoms with van der Waals surface area (Å²) in [4.78, 5) is 0. The van der Waals surface area contributed by atoms with Crippen LogP contribution in [0, 0.1) is 5.92 Å². The average Bonchev–Trinajstić information content (AvgIpc) is 3.04. The van der Waals surface area contributed by atoms with Gasteiger partial charge in [0.2, 0.25) is 10.0 Å². The molecular formula is C17H33N3O3S. The van der Waals surface area contributed by atoms with Crippen molar-refractivity contribution in [1.29, 1.82) is 0 Å². The van der Waals surface area contributed by atoms with Crippen molar-refractivity contribution in [3.8, 4) is 0 Å². The van der Waals surface area contributed by atoms with Crippen molar-refractivity contribution in [2.75, 3.05) is 38.6 Å². The Kier molecular flexibility index (Phi) is 6.54. The Labute approximate surface area is 146 Å². The van der Waals surface area contributed by atoms with Crippen LogP contribution in [-0.2, 0) is 14.8 Å². The van der Waals surface area contributed by atoms with Crippen molar-refractivity contribution in [2.24, 2.45) is 5.92 Å².